The van der Waals surface area contributed by atoms with Crippen molar-refractivity contribution in [3.05, 3.63) is 35.4 Å². The summed E-state index contributed by atoms with van der Waals surface area (Å²) in [5.41, 5.74) is 2.69. The topological polar surface area (TPSA) is 20.3 Å². The molecule has 3 rings (SSSR count). The summed E-state index contributed by atoms with van der Waals surface area (Å²) in [4.78, 5) is 14.6. The van der Waals surface area contributed by atoms with Gasteiger partial charge in [-0.2, -0.15) is 0 Å². The summed E-state index contributed by atoms with van der Waals surface area (Å²) in [6, 6.07) is 8.67. The van der Waals surface area contributed by atoms with Crippen LogP contribution in [0.3, 0.4) is 0 Å². The van der Waals surface area contributed by atoms with Crippen molar-refractivity contribution in [2.24, 2.45) is 5.92 Å². The molecular weight excluding hydrogens is 246 g/mol. The van der Waals surface area contributed by atoms with Crippen molar-refractivity contribution in [3.8, 4) is 0 Å². The van der Waals surface area contributed by atoms with Crippen molar-refractivity contribution >= 4 is 17.5 Å². The molecule has 1 aliphatic heterocycles. The summed E-state index contributed by atoms with van der Waals surface area (Å²) >= 11 is 5.95. The molecule has 0 saturated carbocycles. The molecule has 1 saturated heterocycles. The van der Waals surface area contributed by atoms with Gasteiger partial charge in [0.25, 0.3) is 0 Å². The van der Waals surface area contributed by atoms with Crippen molar-refractivity contribution in [2.45, 2.75) is 31.7 Å². The van der Waals surface area contributed by atoms with E-state index in [0.717, 1.165) is 32.2 Å². The molecule has 2 nitrogen and oxygen atoms in total. The molecule has 0 spiro atoms. The summed E-state index contributed by atoms with van der Waals surface area (Å²) < 4.78 is 0. The number of nitrogens with zero attached hydrogens (tertiary/aromatic N) is 1. The number of rotatable bonds is 2. The van der Waals surface area contributed by atoms with Gasteiger partial charge in [0.05, 0.1) is 0 Å². The molecule has 1 aromatic rings. The molecular formula is C15H18ClNO. The average molecular weight is 264 g/mol. The molecule has 0 N–H and O–H groups in total. The lowest BCUT2D eigenvalue weighted by Crippen LogP contribution is -2.40. The van der Waals surface area contributed by atoms with Gasteiger partial charge in [0.1, 0.15) is 0 Å². The Morgan fingerprint density at radius 2 is 1.94 bits per heavy atom. The third kappa shape index (κ3) is 2.03. The van der Waals surface area contributed by atoms with Crippen LogP contribution in [-0.2, 0) is 17.6 Å². The van der Waals surface area contributed by atoms with Gasteiger partial charge < -0.3 is 4.90 Å². The largest absolute Gasteiger partial charge is 0.338 e. The Labute approximate surface area is 113 Å². The predicted octanol–water partition coefficient (Wildman–Crippen LogP) is 2.63. The van der Waals surface area contributed by atoms with E-state index in [1.54, 1.807) is 0 Å². The highest BCUT2D eigenvalue weighted by Crippen LogP contribution is 2.30. The van der Waals surface area contributed by atoms with Crippen molar-refractivity contribution < 1.29 is 4.79 Å². The van der Waals surface area contributed by atoms with Crippen LogP contribution in [0.2, 0.25) is 0 Å². The molecule has 96 valence electrons. The van der Waals surface area contributed by atoms with Crippen LogP contribution in [0.25, 0.3) is 0 Å². The molecule has 3 heteroatoms. The number of carbonyl (C=O) groups is 1. The van der Waals surface area contributed by atoms with Crippen LogP contribution in [0.1, 0.15) is 24.0 Å². The summed E-state index contributed by atoms with van der Waals surface area (Å²) in [7, 11) is 0. The summed E-state index contributed by atoms with van der Waals surface area (Å²) in [5.74, 6) is 1.03. The third-order valence-corrected chi connectivity index (χ3v) is 4.59. The van der Waals surface area contributed by atoms with E-state index in [1.165, 1.54) is 11.1 Å². The van der Waals surface area contributed by atoms with E-state index in [0.29, 0.717) is 11.8 Å². The quantitative estimate of drug-likeness (QED) is 0.751. The molecule has 2 aliphatic rings. The number of amides is 1. The first-order chi connectivity index (χ1) is 8.79. The molecule has 0 radical (unpaired) electrons. The normalized spacial score (nSPS) is 23.4. The van der Waals surface area contributed by atoms with E-state index >= 15 is 0 Å². The van der Waals surface area contributed by atoms with Gasteiger partial charge in [-0.1, -0.05) is 24.3 Å². The Morgan fingerprint density at radius 1 is 1.28 bits per heavy atom. The Bertz CT molecular complexity index is 435. The zero-order valence-corrected chi connectivity index (χ0v) is 11.2. The number of benzene rings is 1. The Kier molecular flexibility index (Phi) is 3.29. The van der Waals surface area contributed by atoms with Crippen LogP contribution in [0.15, 0.2) is 24.3 Å². The lowest BCUT2D eigenvalue weighted by atomic mass is 10.0. The second-order valence-electron chi connectivity index (χ2n) is 5.36. The lowest BCUT2D eigenvalue weighted by Gasteiger charge is -2.25. The highest BCUT2D eigenvalue weighted by Gasteiger charge is 2.35. The van der Waals surface area contributed by atoms with E-state index < -0.39 is 0 Å². The Morgan fingerprint density at radius 3 is 2.56 bits per heavy atom. The molecule has 1 fully saturated rings. The average Bonchev–Trinajstić information content (AvgIpc) is 3.03. The zero-order chi connectivity index (χ0) is 12.5. The minimum absolute atomic E-state index is 0.145. The van der Waals surface area contributed by atoms with E-state index in [1.807, 2.05) is 4.90 Å². The van der Waals surface area contributed by atoms with Crippen molar-refractivity contribution in [1.29, 1.82) is 0 Å². The van der Waals surface area contributed by atoms with Gasteiger partial charge in [-0.3, -0.25) is 4.79 Å². The molecule has 1 amide bonds. The second-order valence-corrected chi connectivity index (χ2v) is 5.66. The maximum absolute atomic E-state index is 12.6. The predicted molar refractivity (Wildman–Crippen MR) is 72.8 cm³/mol. The standard InChI is InChI=1S/C15H18ClNO/c16-10-14-6-3-7-17(14)15(18)13-8-11-4-1-2-5-12(11)9-13/h1-2,4-5,13-14H,3,6-10H2. The summed E-state index contributed by atoms with van der Waals surface area (Å²) in [6.07, 6.45) is 3.97. The van der Waals surface area contributed by atoms with Crippen LogP contribution in [-0.4, -0.2) is 29.3 Å². The molecule has 1 atom stereocenters. The van der Waals surface area contributed by atoms with Crippen LogP contribution in [0, 0.1) is 5.92 Å². The van der Waals surface area contributed by atoms with Gasteiger partial charge in [-0.05, 0) is 36.8 Å². The van der Waals surface area contributed by atoms with E-state index in [-0.39, 0.29) is 12.0 Å². The van der Waals surface area contributed by atoms with Gasteiger partial charge >= 0.3 is 0 Å². The number of halogens is 1. The summed E-state index contributed by atoms with van der Waals surface area (Å²) in [6.45, 7) is 0.892. The first-order valence-electron chi connectivity index (χ1n) is 6.73. The lowest BCUT2D eigenvalue weighted by molar-refractivity contribution is -0.135. The van der Waals surface area contributed by atoms with Gasteiger partial charge in [-0.25, -0.2) is 0 Å². The van der Waals surface area contributed by atoms with Crippen LogP contribution < -0.4 is 0 Å². The van der Waals surface area contributed by atoms with Crippen LogP contribution in [0.5, 0.6) is 0 Å². The SMILES string of the molecule is O=C(C1Cc2ccccc2C1)N1CCCC1CCl. The Hall–Kier alpha value is -1.02. The number of carbonyl (C=O) groups excluding carboxylic acids is 1. The van der Waals surface area contributed by atoms with Crippen LogP contribution in [0.4, 0.5) is 0 Å². The molecule has 1 aliphatic carbocycles. The van der Waals surface area contributed by atoms with Gasteiger partial charge in [0.15, 0.2) is 0 Å². The van der Waals surface area contributed by atoms with Gasteiger partial charge in [0, 0.05) is 24.4 Å². The maximum Gasteiger partial charge on any atom is 0.226 e. The third-order valence-electron chi connectivity index (χ3n) is 4.24. The molecule has 0 aromatic heterocycles. The fourth-order valence-corrected chi connectivity index (χ4v) is 3.58. The fourth-order valence-electron chi connectivity index (χ4n) is 3.25. The van der Waals surface area contributed by atoms with E-state index in [2.05, 4.69) is 24.3 Å². The number of likely N-dealkylation sites (tertiary alicyclic amines) is 1. The molecule has 1 heterocycles. The fraction of sp³-hybridized carbons (Fsp3) is 0.533. The summed E-state index contributed by atoms with van der Waals surface area (Å²) in [5, 5.41) is 0. The maximum atomic E-state index is 12.6. The minimum Gasteiger partial charge on any atom is -0.338 e. The second kappa shape index (κ2) is 4.93. The zero-order valence-electron chi connectivity index (χ0n) is 10.4. The van der Waals surface area contributed by atoms with E-state index in [4.69, 9.17) is 11.6 Å². The van der Waals surface area contributed by atoms with Gasteiger partial charge in [0.2, 0.25) is 5.91 Å². The van der Waals surface area contributed by atoms with Crippen LogP contribution >= 0.6 is 11.6 Å². The smallest absolute Gasteiger partial charge is 0.226 e. The first-order valence-corrected chi connectivity index (χ1v) is 7.26. The number of hydrogen-bond donors (Lipinski definition) is 0. The van der Waals surface area contributed by atoms with Crippen molar-refractivity contribution in [1.82, 2.24) is 4.90 Å². The molecule has 1 aromatic carbocycles. The molecule has 0 bridgehead atoms. The highest BCUT2D eigenvalue weighted by atomic mass is 35.5. The van der Waals surface area contributed by atoms with Crippen molar-refractivity contribution in [3.63, 3.8) is 0 Å². The van der Waals surface area contributed by atoms with E-state index in [9.17, 15) is 4.79 Å². The highest BCUT2D eigenvalue weighted by molar-refractivity contribution is 6.18. The Balaban J connectivity index is 1.72. The molecule has 1 unspecified atom stereocenters. The number of hydrogen-bond acceptors (Lipinski definition) is 1. The number of fused-ring (bicyclic) bond motifs is 1. The van der Waals surface area contributed by atoms with Gasteiger partial charge in [-0.15, -0.1) is 11.6 Å². The van der Waals surface area contributed by atoms with Crippen molar-refractivity contribution in [2.75, 3.05) is 12.4 Å². The monoisotopic (exact) mass is 263 g/mol. The minimum atomic E-state index is 0.145. The molecule has 18 heavy (non-hydrogen) atoms. The first kappa shape index (κ1) is 12.0. The number of alkyl halides is 1.